The van der Waals surface area contributed by atoms with Crippen molar-refractivity contribution in [1.82, 2.24) is 10.3 Å². The number of thiazole rings is 1. The molecule has 0 unspecified atom stereocenters. The van der Waals surface area contributed by atoms with Gasteiger partial charge in [-0.2, -0.15) is 0 Å². The molecule has 0 aliphatic heterocycles. The topological polar surface area (TPSA) is 62.2 Å². The molecule has 1 rings (SSSR count). The number of aromatic nitrogens is 1. The maximum Gasteiger partial charge on any atom is 0.244 e. The second-order valence-corrected chi connectivity index (χ2v) is 5.34. The van der Waals surface area contributed by atoms with Crippen LogP contribution in [0.4, 0.5) is 0 Å². The zero-order valence-corrected chi connectivity index (χ0v) is 11.9. The van der Waals surface area contributed by atoms with Crippen molar-refractivity contribution < 1.29 is 9.90 Å². The summed E-state index contributed by atoms with van der Waals surface area (Å²) in [5.41, 5.74) is -0.0188. The summed E-state index contributed by atoms with van der Waals surface area (Å²) in [5, 5.41) is 15.6. The van der Waals surface area contributed by atoms with Gasteiger partial charge in [-0.25, -0.2) is 4.98 Å². The quantitative estimate of drug-likeness (QED) is 0.777. The molecule has 4 nitrogen and oxygen atoms in total. The molecule has 0 radical (unpaired) electrons. The highest BCUT2D eigenvalue weighted by atomic mass is 32.1. The molecule has 0 bridgehead atoms. The van der Waals surface area contributed by atoms with Crippen LogP contribution < -0.4 is 5.32 Å². The highest BCUT2D eigenvalue weighted by molar-refractivity contribution is 7.09. The van der Waals surface area contributed by atoms with Crippen LogP contribution >= 0.6 is 11.3 Å². The van der Waals surface area contributed by atoms with Gasteiger partial charge >= 0.3 is 0 Å². The van der Waals surface area contributed by atoms with Crippen LogP contribution in [0.5, 0.6) is 0 Å². The summed E-state index contributed by atoms with van der Waals surface area (Å²) >= 11 is 1.55. The maximum atomic E-state index is 11.6. The fourth-order valence-electron chi connectivity index (χ4n) is 1.43. The van der Waals surface area contributed by atoms with Gasteiger partial charge in [-0.05, 0) is 25.8 Å². The third-order valence-electron chi connectivity index (χ3n) is 2.95. The maximum absolute atomic E-state index is 11.6. The van der Waals surface area contributed by atoms with Crippen molar-refractivity contribution in [2.45, 2.75) is 39.2 Å². The van der Waals surface area contributed by atoms with E-state index in [0.29, 0.717) is 12.8 Å². The third-order valence-corrected chi connectivity index (χ3v) is 3.74. The van der Waals surface area contributed by atoms with Crippen LogP contribution in [0.2, 0.25) is 0 Å². The number of carbonyl (C=O) groups excluding carboxylic acids is 1. The van der Waals surface area contributed by atoms with E-state index < -0.39 is 5.60 Å². The van der Waals surface area contributed by atoms with Crippen molar-refractivity contribution in [2.75, 3.05) is 6.54 Å². The number of carbonyl (C=O) groups is 1. The van der Waals surface area contributed by atoms with Gasteiger partial charge in [0.2, 0.25) is 5.91 Å². The summed E-state index contributed by atoms with van der Waals surface area (Å²) in [4.78, 5) is 15.8. The molecule has 100 valence electrons. The Bertz CT molecular complexity index is 422. The molecule has 0 saturated heterocycles. The molecule has 0 aliphatic rings. The normalized spacial score (nSPS) is 12.0. The summed E-state index contributed by atoms with van der Waals surface area (Å²) < 4.78 is 0. The first-order valence-electron chi connectivity index (χ1n) is 6.09. The number of rotatable bonds is 6. The predicted octanol–water partition coefficient (Wildman–Crippen LogP) is 2.13. The van der Waals surface area contributed by atoms with E-state index in [0.717, 1.165) is 10.7 Å². The first kappa shape index (κ1) is 14.9. The van der Waals surface area contributed by atoms with Gasteiger partial charge in [0.15, 0.2) is 0 Å². The molecule has 1 aromatic rings. The van der Waals surface area contributed by atoms with E-state index in [4.69, 9.17) is 0 Å². The number of amides is 1. The molecule has 18 heavy (non-hydrogen) atoms. The van der Waals surface area contributed by atoms with Crippen molar-refractivity contribution in [3.8, 4) is 0 Å². The first-order chi connectivity index (χ1) is 8.49. The van der Waals surface area contributed by atoms with Crippen LogP contribution in [-0.2, 0) is 4.79 Å². The molecule has 0 atom stereocenters. The zero-order chi connectivity index (χ0) is 13.6. The van der Waals surface area contributed by atoms with Gasteiger partial charge in [0.05, 0.1) is 16.3 Å². The molecule has 1 heterocycles. The van der Waals surface area contributed by atoms with Crippen molar-refractivity contribution in [1.29, 1.82) is 0 Å². The molecular formula is C13H20N2O2S. The lowest BCUT2D eigenvalue weighted by atomic mass is 9.98. The first-order valence-corrected chi connectivity index (χ1v) is 6.97. The standard InChI is InChI=1S/C13H20N2O2S/c1-4-13(17,5-2)9-14-12(16)7-6-11-8-18-10(3)15-11/h6-8,17H,4-5,9H2,1-3H3,(H,14,16). The van der Waals surface area contributed by atoms with Crippen LogP contribution in [0.25, 0.3) is 6.08 Å². The number of nitrogens with one attached hydrogen (secondary N) is 1. The van der Waals surface area contributed by atoms with Gasteiger partial charge in [0.25, 0.3) is 0 Å². The number of hydrogen-bond donors (Lipinski definition) is 2. The van der Waals surface area contributed by atoms with Gasteiger partial charge in [-0.1, -0.05) is 13.8 Å². The summed E-state index contributed by atoms with van der Waals surface area (Å²) in [7, 11) is 0. The summed E-state index contributed by atoms with van der Waals surface area (Å²) in [6.07, 6.45) is 4.37. The van der Waals surface area contributed by atoms with E-state index >= 15 is 0 Å². The SMILES string of the molecule is CCC(O)(CC)CNC(=O)C=Cc1csc(C)n1. The molecule has 0 saturated carbocycles. The Morgan fingerprint density at radius 2 is 2.22 bits per heavy atom. The largest absolute Gasteiger partial charge is 0.388 e. The molecule has 1 amide bonds. The Morgan fingerprint density at radius 1 is 1.56 bits per heavy atom. The minimum absolute atomic E-state index is 0.207. The average Bonchev–Trinajstić information content (AvgIpc) is 2.79. The summed E-state index contributed by atoms with van der Waals surface area (Å²) in [5.74, 6) is -0.207. The Morgan fingerprint density at radius 3 is 2.72 bits per heavy atom. The Hall–Kier alpha value is -1.20. The monoisotopic (exact) mass is 268 g/mol. The highest BCUT2D eigenvalue weighted by Crippen LogP contribution is 2.13. The third kappa shape index (κ3) is 4.58. The molecule has 0 spiro atoms. The van der Waals surface area contributed by atoms with E-state index in [1.807, 2.05) is 26.2 Å². The highest BCUT2D eigenvalue weighted by Gasteiger charge is 2.22. The molecular weight excluding hydrogens is 248 g/mol. The molecule has 2 N–H and O–H groups in total. The molecule has 5 heteroatoms. The van der Waals surface area contributed by atoms with Gasteiger partial charge in [-0.3, -0.25) is 4.79 Å². The van der Waals surface area contributed by atoms with E-state index in [2.05, 4.69) is 10.3 Å². The fourth-order valence-corrected chi connectivity index (χ4v) is 2.01. The lowest BCUT2D eigenvalue weighted by molar-refractivity contribution is -0.117. The van der Waals surface area contributed by atoms with Crippen molar-refractivity contribution >= 4 is 23.3 Å². The molecule has 0 aliphatic carbocycles. The Kier molecular flexibility index (Phi) is 5.50. The number of nitrogens with zero attached hydrogens (tertiary/aromatic N) is 1. The van der Waals surface area contributed by atoms with Gasteiger partial charge < -0.3 is 10.4 Å². The van der Waals surface area contributed by atoms with E-state index in [1.54, 1.807) is 17.4 Å². The molecule has 0 fully saturated rings. The van der Waals surface area contributed by atoms with Gasteiger partial charge in [0.1, 0.15) is 0 Å². The fraction of sp³-hybridized carbons (Fsp3) is 0.538. The second kappa shape index (κ2) is 6.66. The Balaban J connectivity index is 2.45. The number of aryl methyl sites for hydroxylation is 1. The van der Waals surface area contributed by atoms with Gasteiger partial charge in [0, 0.05) is 18.0 Å². The van der Waals surface area contributed by atoms with E-state index in [9.17, 15) is 9.90 Å². The number of hydrogen-bond acceptors (Lipinski definition) is 4. The lowest BCUT2D eigenvalue weighted by Gasteiger charge is -2.24. The second-order valence-electron chi connectivity index (χ2n) is 4.27. The Labute approximate surface area is 112 Å². The average molecular weight is 268 g/mol. The van der Waals surface area contributed by atoms with E-state index in [-0.39, 0.29) is 12.5 Å². The van der Waals surface area contributed by atoms with Gasteiger partial charge in [-0.15, -0.1) is 11.3 Å². The van der Waals surface area contributed by atoms with Crippen LogP contribution in [0, 0.1) is 6.92 Å². The summed E-state index contributed by atoms with van der Waals surface area (Å²) in [6, 6.07) is 0. The molecule has 0 aromatic carbocycles. The lowest BCUT2D eigenvalue weighted by Crippen LogP contribution is -2.41. The predicted molar refractivity (Wildman–Crippen MR) is 74.4 cm³/mol. The minimum Gasteiger partial charge on any atom is -0.388 e. The van der Waals surface area contributed by atoms with Crippen molar-refractivity contribution in [3.05, 3.63) is 22.2 Å². The number of aliphatic hydroxyl groups is 1. The van der Waals surface area contributed by atoms with Crippen LogP contribution in [0.3, 0.4) is 0 Å². The summed E-state index contributed by atoms with van der Waals surface area (Å²) in [6.45, 7) is 6.01. The van der Waals surface area contributed by atoms with Crippen LogP contribution in [-0.4, -0.2) is 28.1 Å². The minimum atomic E-state index is -0.805. The molecule has 1 aromatic heterocycles. The van der Waals surface area contributed by atoms with Crippen molar-refractivity contribution in [2.24, 2.45) is 0 Å². The van der Waals surface area contributed by atoms with Crippen LogP contribution in [0.15, 0.2) is 11.5 Å². The zero-order valence-electron chi connectivity index (χ0n) is 11.1. The smallest absolute Gasteiger partial charge is 0.244 e. The van der Waals surface area contributed by atoms with E-state index in [1.165, 1.54) is 6.08 Å². The van der Waals surface area contributed by atoms with Crippen molar-refractivity contribution in [3.63, 3.8) is 0 Å². The van der Waals surface area contributed by atoms with Crippen LogP contribution in [0.1, 0.15) is 37.4 Å².